The Morgan fingerprint density at radius 3 is 2.24 bits per heavy atom. The van der Waals surface area contributed by atoms with Gasteiger partial charge >= 0.3 is 5.97 Å². The van der Waals surface area contributed by atoms with Crippen molar-refractivity contribution in [2.75, 3.05) is 13.7 Å². The van der Waals surface area contributed by atoms with E-state index in [0.717, 1.165) is 16.9 Å². The Morgan fingerprint density at radius 2 is 1.64 bits per heavy atom. The summed E-state index contributed by atoms with van der Waals surface area (Å²) >= 11 is 0. The smallest absolute Gasteiger partial charge is 0.313 e. The summed E-state index contributed by atoms with van der Waals surface area (Å²) in [5.74, 6) is 0.793. The van der Waals surface area contributed by atoms with Crippen LogP contribution in [0, 0.1) is 11.3 Å². The van der Waals surface area contributed by atoms with E-state index in [9.17, 15) is 4.79 Å². The normalized spacial score (nSPS) is 13.3. The molecule has 3 heteroatoms. The first-order chi connectivity index (χ1) is 12.0. The highest BCUT2D eigenvalue weighted by Gasteiger charge is 2.43. The Bertz CT molecular complexity index is 679. The number of rotatable bonds is 8. The van der Waals surface area contributed by atoms with Gasteiger partial charge in [0.2, 0.25) is 0 Å². The molecular weight excluding hydrogens is 312 g/mol. The van der Waals surface area contributed by atoms with Crippen LogP contribution in [-0.2, 0) is 22.4 Å². The zero-order chi connectivity index (χ0) is 18.3. The van der Waals surface area contributed by atoms with Gasteiger partial charge in [0.05, 0.1) is 19.1 Å². The third kappa shape index (κ3) is 4.41. The fourth-order valence-corrected chi connectivity index (χ4v) is 3.27. The molecule has 25 heavy (non-hydrogen) atoms. The number of benzene rings is 2. The SMILES string of the molecule is CCOC(=O)C(Cc1ccccc1)(Cc1ccccc1OC)C(C)C. The molecule has 2 rings (SSSR count). The Balaban J connectivity index is 2.47. The molecule has 0 fully saturated rings. The fourth-order valence-electron chi connectivity index (χ4n) is 3.27. The number of methoxy groups -OCH3 is 1. The third-order valence-electron chi connectivity index (χ3n) is 4.85. The van der Waals surface area contributed by atoms with Gasteiger partial charge in [0.25, 0.3) is 0 Å². The van der Waals surface area contributed by atoms with Crippen molar-refractivity contribution in [3.05, 3.63) is 65.7 Å². The van der Waals surface area contributed by atoms with E-state index < -0.39 is 5.41 Å². The minimum absolute atomic E-state index is 0.122. The summed E-state index contributed by atoms with van der Waals surface area (Å²) in [6.45, 7) is 6.42. The lowest BCUT2D eigenvalue weighted by molar-refractivity contribution is -0.158. The van der Waals surface area contributed by atoms with Crippen LogP contribution in [0.2, 0.25) is 0 Å². The Morgan fingerprint density at radius 1 is 1.00 bits per heavy atom. The van der Waals surface area contributed by atoms with Gasteiger partial charge in [-0.3, -0.25) is 4.79 Å². The molecule has 0 amide bonds. The predicted octanol–water partition coefficient (Wildman–Crippen LogP) is 4.69. The number of carbonyl (C=O) groups excluding carboxylic acids is 1. The third-order valence-corrected chi connectivity index (χ3v) is 4.85. The molecule has 134 valence electrons. The highest BCUT2D eigenvalue weighted by Crippen LogP contribution is 2.39. The highest BCUT2D eigenvalue weighted by atomic mass is 16.5. The van der Waals surface area contributed by atoms with Crippen LogP contribution in [0.3, 0.4) is 0 Å². The summed E-state index contributed by atoms with van der Waals surface area (Å²) in [6.07, 6.45) is 1.23. The Hall–Kier alpha value is -2.29. The summed E-state index contributed by atoms with van der Waals surface area (Å²) in [6, 6.07) is 18.0. The van der Waals surface area contributed by atoms with Gasteiger partial charge in [-0.15, -0.1) is 0 Å². The first-order valence-electron chi connectivity index (χ1n) is 8.86. The molecule has 0 heterocycles. The zero-order valence-electron chi connectivity index (χ0n) is 15.6. The molecule has 3 nitrogen and oxygen atoms in total. The molecule has 2 aromatic carbocycles. The number of carbonyl (C=O) groups is 1. The van der Waals surface area contributed by atoms with Crippen LogP contribution in [0.5, 0.6) is 5.75 Å². The van der Waals surface area contributed by atoms with Gasteiger partial charge in [-0.1, -0.05) is 62.4 Å². The zero-order valence-corrected chi connectivity index (χ0v) is 15.6. The van der Waals surface area contributed by atoms with Crippen LogP contribution < -0.4 is 4.74 Å². The molecule has 0 aliphatic carbocycles. The van der Waals surface area contributed by atoms with E-state index in [4.69, 9.17) is 9.47 Å². The van der Waals surface area contributed by atoms with Gasteiger partial charge in [-0.25, -0.2) is 0 Å². The van der Waals surface area contributed by atoms with Crippen LogP contribution >= 0.6 is 0 Å². The van der Waals surface area contributed by atoms with Crippen molar-refractivity contribution >= 4 is 5.97 Å². The first-order valence-corrected chi connectivity index (χ1v) is 8.86. The Labute approximate surface area is 151 Å². The van der Waals surface area contributed by atoms with E-state index in [-0.39, 0.29) is 11.9 Å². The number of ether oxygens (including phenoxy) is 2. The minimum Gasteiger partial charge on any atom is -0.496 e. The monoisotopic (exact) mass is 340 g/mol. The number of hydrogen-bond donors (Lipinski definition) is 0. The van der Waals surface area contributed by atoms with Crippen molar-refractivity contribution in [1.82, 2.24) is 0 Å². The van der Waals surface area contributed by atoms with Crippen LogP contribution in [0.4, 0.5) is 0 Å². The van der Waals surface area contributed by atoms with Gasteiger partial charge in [-0.05, 0) is 42.9 Å². The minimum atomic E-state index is -0.633. The lowest BCUT2D eigenvalue weighted by Gasteiger charge is -2.36. The Kier molecular flexibility index (Phi) is 6.63. The molecule has 1 unspecified atom stereocenters. The predicted molar refractivity (Wildman–Crippen MR) is 101 cm³/mol. The average molecular weight is 340 g/mol. The van der Waals surface area contributed by atoms with Gasteiger partial charge in [0, 0.05) is 0 Å². The van der Waals surface area contributed by atoms with E-state index in [1.54, 1.807) is 7.11 Å². The molecule has 1 atom stereocenters. The molecule has 0 aromatic heterocycles. The van der Waals surface area contributed by atoms with E-state index in [2.05, 4.69) is 26.0 Å². The van der Waals surface area contributed by atoms with Crippen molar-refractivity contribution in [3.63, 3.8) is 0 Å². The van der Waals surface area contributed by atoms with Crippen molar-refractivity contribution in [3.8, 4) is 5.75 Å². The standard InChI is InChI=1S/C22H28O3/c1-5-25-21(23)22(17(2)3,15-18-11-7-6-8-12-18)16-19-13-9-10-14-20(19)24-4/h6-14,17H,5,15-16H2,1-4H3. The lowest BCUT2D eigenvalue weighted by Crippen LogP contribution is -2.42. The van der Waals surface area contributed by atoms with Crippen molar-refractivity contribution in [2.24, 2.45) is 11.3 Å². The second kappa shape index (κ2) is 8.70. The molecule has 0 saturated heterocycles. The average Bonchev–Trinajstić information content (AvgIpc) is 2.62. The number of para-hydroxylation sites is 1. The molecular formula is C22H28O3. The molecule has 0 bridgehead atoms. The van der Waals surface area contributed by atoms with Crippen LogP contribution in [0.1, 0.15) is 31.9 Å². The van der Waals surface area contributed by atoms with Crippen molar-refractivity contribution in [1.29, 1.82) is 0 Å². The fraction of sp³-hybridized carbons (Fsp3) is 0.409. The van der Waals surface area contributed by atoms with E-state index in [1.165, 1.54) is 0 Å². The molecule has 0 saturated carbocycles. The summed E-state index contributed by atoms with van der Waals surface area (Å²) in [5, 5.41) is 0. The molecule has 0 aliphatic rings. The summed E-state index contributed by atoms with van der Waals surface area (Å²) in [7, 11) is 1.66. The first kappa shape index (κ1) is 19.0. The molecule has 2 aromatic rings. The maximum atomic E-state index is 13.1. The van der Waals surface area contributed by atoms with Gasteiger partial charge in [-0.2, -0.15) is 0 Å². The van der Waals surface area contributed by atoms with Crippen LogP contribution in [-0.4, -0.2) is 19.7 Å². The highest BCUT2D eigenvalue weighted by molar-refractivity contribution is 5.78. The molecule has 0 radical (unpaired) electrons. The van der Waals surface area contributed by atoms with Gasteiger partial charge in [0.15, 0.2) is 0 Å². The summed E-state index contributed by atoms with van der Waals surface area (Å²) in [4.78, 5) is 13.1. The second-order valence-electron chi connectivity index (χ2n) is 6.68. The van der Waals surface area contributed by atoms with E-state index >= 15 is 0 Å². The number of hydrogen-bond acceptors (Lipinski definition) is 3. The van der Waals surface area contributed by atoms with Crippen molar-refractivity contribution in [2.45, 2.75) is 33.6 Å². The molecule has 0 spiro atoms. The second-order valence-corrected chi connectivity index (χ2v) is 6.68. The van der Waals surface area contributed by atoms with Crippen LogP contribution in [0.25, 0.3) is 0 Å². The van der Waals surface area contributed by atoms with Gasteiger partial charge < -0.3 is 9.47 Å². The lowest BCUT2D eigenvalue weighted by atomic mass is 9.68. The molecule has 0 aliphatic heterocycles. The number of esters is 1. The topological polar surface area (TPSA) is 35.5 Å². The maximum absolute atomic E-state index is 13.1. The largest absolute Gasteiger partial charge is 0.496 e. The van der Waals surface area contributed by atoms with Crippen molar-refractivity contribution < 1.29 is 14.3 Å². The quantitative estimate of drug-likeness (QED) is 0.654. The summed E-state index contributed by atoms with van der Waals surface area (Å²) < 4.78 is 11.0. The maximum Gasteiger partial charge on any atom is 0.313 e. The van der Waals surface area contributed by atoms with E-state index in [0.29, 0.717) is 19.4 Å². The molecule has 0 N–H and O–H groups in total. The summed E-state index contributed by atoms with van der Waals surface area (Å²) in [5.41, 5.74) is 1.54. The van der Waals surface area contributed by atoms with Crippen LogP contribution in [0.15, 0.2) is 54.6 Å². The van der Waals surface area contributed by atoms with E-state index in [1.807, 2.05) is 49.4 Å². The van der Waals surface area contributed by atoms with Gasteiger partial charge in [0.1, 0.15) is 5.75 Å².